The standard InChI is InChI=1S/C56H76N14O9/c1-4-32(2)48(54(78)68-46(29-36-31-63-41-16-8-6-14-39(36)41)51(75)65-42(49(58)73)18-11-25-61-56(59)60)69-52(76)44(27-34-20-22-37(72)23-21-34)67-53(77)47-19-12-26-70(47)55(79)43(17-9-10-24-57)66-50(74)45(64-33(3)71)28-35-30-62-40-15-7-5-13-38(35)40/h5-8,13-16,20-23,30-32,42-48,62-63,72H,4,9-12,17-19,24-29,57H2,1-3H3,(H2,58,73)(H,64,71)(H,65,75)(H,66,74)(H,67,77)(H,68,78)(H,69,76)(H4,59,60,61)/t32-,42-,43-,44-,45-,46-,47-,48-/m0/s1. The van der Waals surface area contributed by atoms with Gasteiger partial charge < -0.3 is 74.4 Å². The second-order valence-electron chi connectivity index (χ2n) is 20.2. The Morgan fingerprint density at radius 1 is 0.684 bits per heavy atom. The number of nitrogens with one attached hydrogen (secondary N) is 10. The third-order valence-electron chi connectivity index (χ3n) is 14.4. The zero-order valence-corrected chi connectivity index (χ0v) is 45.0. The maximum atomic E-state index is 14.7. The van der Waals surface area contributed by atoms with Crippen LogP contribution in [0.4, 0.5) is 0 Å². The van der Waals surface area contributed by atoms with Crippen LogP contribution in [0, 0.1) is 11.3 Å². The number of rotatable bonds is 29. The van der Waals surface area contributed by atoms with Crippen LogP contribution in [0.2, 0.25) is 0 Å². The van der Waals surface area contributed by atoms with Gasteiger partial charge in [0.05, 0.1) is 0 Å². The third kappa shape index (κ3) is 16.8. The number of nitrogens with zero attached hydrogens (tertiary/aromatic N) is 1. The number of carbonyl (C=O) groups is 8. The molecule has 1 aliphatic heterocycles. The van der Waals surface area contributed by atoms with Crippen molar-refractivity contribution in [2.45, 2.75) is 134 Å². The number of aromatic hydroxyl groups is 1. The number of guanidine groups is 1. The van der Waals surface area contributed by atoms with Crippen molar-refractivity contribution in [2.75, 3.05) is 19.6 Å². The minimum Gasteiger partial charge on any atom is -0.508 e. The smallest absolute Gasteiger partial charge is 0.245 e. The molecule has 3 heterocycles. The number of amides is 8. The molecule has 79 heavy (non-hydrogen) atoms. The predicted octanol–water partition coefficient (Wildman–Crippen LogP) is 1.23. The van der Waals surface area contributed by atoms with E-state index < -0.39 is 95.5 Å². The Kier molecular flexibility index (Phi) is 21.8. The molecule has 1 aliphatic rings. The summed E-state index contributed by atoms with van der Waals surface area (Å²) < 4.78 is 0. The van der Waals surface area contributed by atoms with Gasteiger partial charge in [0, 0.05) is 73.5 Å². The second kappa shape index (κ2) is 28.8. The fourth-order valence-corrected chi connectivity index (χ4v) is 9.88. The molecule has 8 amide bonds. The highest BCUT2D eigenvalue weighted by Crippen LogP contribution is 2.24. The van der Waals surface area contributed by atoms with Gasteiger partial charge in [0.25, 0.3) is 0 Å². The lowest BCUT2D eigenvalue weighted by Crippen LogP contribution is -2.61. The van der Waals surface area contributed by atoms with E-state index in [-0.39, 0.29) is 63.3 Å². The number of aromatic nitrogens is 2. The molecule has 17 N–H and O–H groups in total. The molecule has 23 nitrogen and oxygen atoms in total. The van der Waals surface area contributed by atoms with E-state index in [0.29, 0.717) is 49.8 Å². The molecule has 8 atom stereocenters. The number of likely N-dealkylation sites (tertiary alicyclic amines) is 1. The largest absolute Gasteiger partial charge is 0.508 e. The van der Waals surface area contributed by atoms with Crippen molar-refractivity contribution in [3.8, 4) is 5.75 Å². The quantitative estimate of drug-likeness (QED) is 0.0183. The molecular weight excluding hydrogens is 1010 g/mol. The number of hydrogen-bond donors (Lipinski definition) is 14. The van der Waals surface area contributed by atoms with Crippen LogP contribution in [0.25, 0.3) is 21.8 Å². The highest BCUT2D eigenvalue weighted by atomic mass is 16.3. The average Bonchev–Trinajstić information content (AvgIpc) is 4.26. The van der Waals surface area contributed by atoms with Crippen LogP contribution < -0.4 is 54.4 Å². The van der Waals surface area contributed by atoms with Crippen molar-refractivity contribution in [1.82, 2.24) is 52.1 Å². The number of carbonyl (C=O) groups excluding carboxylic acids is 8. The number of aromatic amines is 2. The van der Waals surface area contributed by atoms with E-state index in [0.717, 1.165) is 27.4 Å². The molecule has 1 fully saturated rings. The summed E-state index contributed by atoms with van der Waals surface area (Å²) in [6.07, 6.45) is 6.14. The van der Waals surface area contributed by atoms with Gasteiger partial charge in [0.2, 0.25) is 47.3 Å². The van der Waals surface area contributed by atoms with Crippen molar-refractivity contribution in [2.24, 2.45) is 23.1 Å². The van der Waals surface area contributed by atoms with Gasteiger partial charge in [-0.3, -0.25) is 43.8 Å². The molecular formula is C56H76N14O9. The number of unbranched alkanes of at least 4 members (excludes halogenated alkanes) is 1. The molecule has 3 aromatic carbocycles. The van der Waals surface area contributed by atoms with E-state index >= 15 is 0 Å². The maximum absolute atomic E-state index is 14.7. The van der Waals surface area contributed by atoms with E-state index in [1.54, 1.807) is 31.5 Å². The number of H-pyrrole nitrogens is 2. The number of benzene rings is 3. The first-order chi connectivity index (χ1) is 37.9. The number of nitrogens with two attached hydrogens (primary N) is 3. The van der Waals surface area contributed by atoms with Gasteiger partial charge in [0.15, 0.2) is 5.96 Å². The minimum atomic E-state index is -1.34. The maximum Gasteiger partial charge on any atom is 0.245 e. The van der Waals surface area contributed by atoms with Gasteiger partial charge in [-0.25, -0.2) is 0 Å². The molecule has 0 radical (unpaired) electrons. The van der Waals surface area contributed by atoms with Crippen LogP contribution in [0.15, 0.2) is 85.2 Å². The number of hydrogen-bond acceptors (Lipinski definition) is 11. The van der Waals surface area contributed by atoms with Gasteiger partial charge in [-0.2, -0.15) is 0 Å². The molecule has 2 aromatic heterocycles. The third-order valence-corrected chi connectivity index (χ3v) is 14.4. The van der Waals surface area contributed by atoms with E-state index in [9.17, 15) is 43.5 Å². The zero-order chi connectivity index (χ0) is 57.2. The first-order valence-electron chi connectivity index (χ1n) is 26.9. The Hall–Kier alpha value is -8.47. The summed E-state index contributed by atoms with van der Waals surface area (Å²) in [5, 5.41) is 38.7. The Labute approximate surface area is 458 Å². The highest BCUT2D eigenvalue weighted by Gasteiger charge is 2.40. The molecule has 0 saturated carbocycles. The van der Waals surface area contributed by atoms with Gasteiger partial charge in [0.1, 0.15) is 48.0 Å². The van der Waals surface area contributed by atoms with Crippen LogP contribution in [-0.2, 0) is 57.6 Å². The Bertz CT molecular complexity index is 2940. The predicted molar refractivity (Wildman–Crippen MR) is 299 cm³/mol. The van der Waals surface area contributed by atoms with Crippen molar-refractivity contribution in [1.29, 1.82) is 5.41 Å². The fraction of sp³-hybridized carbons (Fsp3) is 0.446. The van der Waals surface area contributed by atoms with Crippen molar-refractivity contribution >= 4 is 75.0 Å². The summed E-state index contributed by atoms with van der Waals surface area (Å²) in [4.78, 5) is 120. The monoisotopic (exact) mass is 1090 g/mol. The first kappa shape index (κ1) is 59.8. The number of phenols is 1. The molecule has 424 valence electrons. The molecule has 1 saturated heterocycles. The SMILES string of the molecule is CC[C@H](C)[C@H](NC(=O)[C@H](Cc1ccc(O)cc1)NC(=O)[C@@H]1CCCN1C(=O)[C@H](CCCCN)NC(=O)[C@H](Cc1c[nH]c2ccccc12)NC(C)=O)C(=O)N[C@@H](Cc1c[nH]c2ccccc12)C(=O)N[C@@H](CCCNC(=N)N)C(N)=O. The summed E-state index contributed by atoms with van der Waals surface area (Å²) in [6, 6.07) is 12.7. The van der Waals surface area contributed by atoms with E-state index in [2.05, 4.69) is 47.2 Å². The zero-order valence-electron chi connectivity index (χ0n) is 45.0. The average molecular weight is 1090 g/mol. The molecule has 0 unspecified atom stereocenters. The topological polar surface area (TPSA) is 378 Å². The lowest BCUT2D eigenvalue weighted by atomic mass is 9.96. The molecule has 0 spiro atoms. The molecule has 5 aromatic rings. The number of primary amides is 1. The summed E-state index contributed by atoms with van der Waals surface area (Å²) in [7, 11) is 0. The number of fused-ring (bicyclic) bond motifs is 2. The van der Waals surface area contributed by atoms with Gasteiger partial charge in [-0.1, -0.05) is 68.8 Å². The first-order valence-corrected chi connectivity index (χ1v) is 26.9. The van der Waals surface area contributed by atoms with E-state index in [1.807, 2.05) is 55.5 Å². The van der Waals surface area contributed by atoms with Crippen LogP contribution in [-0.4, -0.2) is 135 Å². The van der Waals surface area contributed by atoms with Crippen LogP contribution in [0.1, 0.15) is 88.8 Å². The number of phenolic OH excluding ortho intramolecular Hbond substituents is 1. The molecule has 0 aliphatic carbocycles. The van der Waals surface area contributed by atoms with E-state index in [4.69, 9.17) is 22.6 Å². The minimum absolute atomic E-state index is 0.0322. The molecule has 0 bridgehead atoms. The summed E-state index contributed by atoms with van der Waals surface area (Å²) in [5.74, 6) is -6.06. The van der Waals surface area contributed by atoms with Gasteiger partial charge in [-0.05, 0) is 98.4 Å². The van der Waals surface area contributed by atoms with Crippen molar-refractivity contribution < 1.29 is 43.5 Å². The van der Waals surface area contributed by atoms with Gasteiger partial charge >= 0.3 is 0 Å². The molecule has 23 heteroatoms. The highest BCUT2D eigenvalue weighted by molar-refractivity contribution is 5.98. The summed E-state index contributed by atoms with van der Waals surface area (Å²) in [5.41, 5.74) is 20.6. The second-order valence-corrected chi connectivity index (χ2v) is 20.2. The van der Waals surface area contributed by atoms with Crippen LogP contribution in [0.5, 0.6) is 5.75 Å². The van der Waals surface area contributed by atoms with Crippen molar-refractivity contribution in [3.63, 3.8) is 0 Å². The van der Waals surface area contributed by atoms with Crippen LogP contribution >= 0.6 is 0 Å². The summed E-state index contributed by atoms with van der Waals surface area (Å²) >= 11 is 0. The van der Waals surface area contributed by atoms with Crippen molar-refractivity contribution in [3.05, 3.63) is 102 Å². The number of para-hydroxylation sites is 2. The van der Waals surface area contributed by atoms with E-state index in [1.165, 1.54) is 24.0 Å². The molecule has 6 rings (SSSR count). The lowest BCUT2D eigenvalue weighted by molar-refractivity contribution is -0.142. The normalized spacial score (nSPS) is 15.8. The Morgan fingerprint density at radius 2 is 1.23 bits per heavy atom. The summed E-state index contributed by atoms with van der Waals surface area (Å²) in [6.45, 7) is 5.61. The van der Waals surface area contributed by atoms with Crippen LogP contribution in [0.3, 0.4) is 0 Å². The van der Waals surface area contributed by atoms with Gasteiger partial charge in [-0.15, -0.1) is 0 Å². The fourth-order valence-electron chi connectivity index (χ4n) is 9.88. The Morgan fingerprint density at radius 3 is 1.80 bits per heavy atom. The lowest BCUT2D eigenvalue weighted by Gasteiger charge is -2.31. The Balaban J connectivity index is 1.22.